The summed E-state index contributed by atoms with van der Waals surface area (Å²) in [6, 6.07) is 6.39. The molecule has 0 bridgehead atoms. The molecule has 0 atom stereocenters. The average molecular weight is 344 g/mol. The Morgan fingerprint density at radius 1 is 1.22 bits per heavy atom. The first-order valence-electron chi connectivity index (χ1n) is 6.40. The monoisotopic (exact) mass is 344 g/mol. The number of nitrogens with zero attached hydrogens (tertiary/aromatic N) is 2. The first kappa shape index (κ1) is 17.1. The van der Waals surface area contributed by atoms with Gasteiger partial charge in [0.2, 0.25) is 5.89 Å². The summed E-state index contributed by atoms with van der Waals surface area (Å²) in [6.07, 6.45) is -2.73. The van der Waals surface area contributed by atoms with E-state index in [2.05, 4.69) is 10.2 Å². The number of aromatic nitrogens is 2. The highest BCUT2D eigenvalue weighted by Gasteiger charge is 2.11. The number of hydrogen-bond acceptors (Lipinski definition) is 6. The van der Waals surface area contributed by atoms with Crippen LogP contribution in [0.2, 0.25) is 0 Å². The molecule has 122 valence electrons. The predicted octanol–water partition coefficient (Wildman–Crippen LogP) is 4.22. The van der Waals surface area contributed by atoms with Crippen LogP contribution in [0, 0.1) is 0 Å². The summed E-state index contributed by atoms with van der Waals surface area (Å²) in [5.74, 6) is -1.23. The minimum Gasteiger partial charge on any atom is -0.427 e. The molecule has 1 aromatic carbocycles. The second-order valence-electron chi connectivity index (χ2n) is 4.25. The normalized spacial score (nSPS) is 10.4. The van der Waals surface area contributed by atoms with Crippen molar-refractivity contribution >= 4 is 17.7 Å². The van der Waals surface area contributed by atoms with Gasteiger partial charge in [-0.1, -0.05) is 11.8 Å². The van der Waals surface area contributed by atoms with Crippen LogP contribution in [-0.2, 0) is 4.79 Å². The fourth-order valence-corrected chi connectivity index (χ4v) is 2.23. The molecule has 2 aromatic rings. The zero-order chi connectivity index (χ0) is 16.8. The predicted molar refractivity (Wildman–Crippen MR) is 76.7 cm³/mol. The van der Waals surface area contributed by atoms with Gasteiger partial charge in [-0.3, -0.25) is 4.79 Å². The summed E-state index contributed by atoms with van der Waals surface area (Å²) >= 11 is 0.976. The van der Waals surface area contributed by atoms with Gasteiger partial charge in [-0.15, -0.1) is 10.2 Å². The molecule has 0 aliphatic rings. The lowest BCUT2D eigenvalue weighted by molar-refractivity contribution is -0.131. The molecule has 5 nitrogen and oxygen atoms in total. The Morgan fingerprint density at radius 2 is 1.91 bits per heavy atom. The Hall–Kier alpha value is -2.29. The minimum absolute atomic E-state index is 0.0518. The van der Waals surface area contributed by atoms with Crippen LogP contribution in [0.4, 0.5) is 13.2 Å². The number of ether oxygens (including phenoxy) is 1. The van der Waals surface area contributed by atoms with Gasteiger partial charge in [0.05, 0.1) is 0 Å². The summed E-state index contributed by atoms with van der Waals surface area (Å²) in [6.45, 7) is 1.29. The highest BCUT2D eigenvalue weighted by Crippen LogP contribution is 2.26. The number of carbonyl (C=O) groups is 1. The first-order chi connectivity index (χ1) is 11.0. The number of thioether (sulfide) groups is 1. The second-order valence-corrected chi connectivity index (χ2v) is 5.30. The summed E-state index contributed by atoms with van der Waals surface area (Å²) in [5, 5.41) is 7.70. The van der Waals surface area contributed by atoms with Gasteiger partial charge < -0.3 is 9.15 Å². The topological polar surface area (TPSA) is 65.2 Å². The standard InChI is InChI=1S/C14H11F3N2O3S/c1-8(20)21-10-4-2-9(3-5-10)13-18-19-14(22-13)23-7-6-11(15)12(16)17/h2-5H,6-7H2,1H3. The van der Waals surface area contributed by atoms with E-state index in [1.54, 1.807) is 24.3 Å². The third-order valence-corrected chi connectivity index (χ3v) is 3.34. The van der Waals surface area contributed by atoms with E-state index in [0.29, 0.717) is 11.3 Å². The average Bonchev–Trinajstić information content (AvgIpc) is 2.96. The number of hydrogen-bond donors (Lipinski definition) is 0. The van der Waals surface area contributed by atoms with Crippen molar-refractivity contribution in [3.63, 3.8) is 0 Å². The van der Waals surface area contributed by atoms with Gasteiger partial charge in [-0.05, 0) is 24.3 Å². The number of halogens is 3. The van der Waals surface area contributed by atoms with Crippen molar-refractivity contribution in [2.45, 2.75) is 18.6 Å². The fraction of sp³-hybridized carbons (Fsp3) is 0.214. The van der Waals surface area contributed by atoms with Crippen LogP contribution in [0.1, 0.15) is 13.3 Å². The molecule has 0 saturated carbocycles. The molecule has 0 aliphatic heterocycles. The van der Waals surface area contributed by atoms with Crippen molar-refractivity contribution < 1.29 is 27.1 Å². The summed E-state index contributed by atoms with van der Waals surface area (Å²) in [7, 11) is 0. The van der Waals surface area contributed by atoms with Crippen LogP contribution in [0.25, 0.3) is 11.5 Å². The van der Waals surface area contributed by atoms with Crippen molar-refractivity contribution in [3.8, 4) is 17.2 Å². The van der Waals surface area contributed by atoms with Crippen molar-refractivity contribution in [1.29, 1.82) is 0 Å². The SMILES string of the molecule is CC(=O)Oc1ccc(-c2nnc(SCCC(F)=C(F)F)o2)cc1. The second kappa shape index (κ2) is 7.82. The Morgan fingerprint density at radius 3 is 2.52 bits per heavy atom. The lowest BCUT2D eigenvalue weighted by Gasteiger charge is -2.00. The van der Waals surface area contributed by atoms with E-state index < -0.39 is 24.3 Å². The summed E-state index contributed by atoms with van der Waals surface area (Å²) in [5.41, 5.74) is 0.598. The van der Waals surface area contributed by atoms with Crippen LogP contribution < -0.4 is 4.74 Å². The Kier molecular flexibility index (Phi) is 5.80. The van der Waals surface area contributed by atoms with E-state index in [1.165, 1.54) is 6.92 Å². The third kappa shape index (κ3) is 5.13. The number of benzene rings is 1. The van der Waals surface area contributed by atoms with Crippen LogP contribution in [0.15, 0.2) is 45.8 Å². The van der Waals surface area contributed by atoms with Gasteiger partial charge in [0.25, 0.3) is 5.22 Å². The zero-order valence-electron chi connectivity index (χ0n) is 11.9. The minimum atomic E-state index is -2.32. The molecular formula is C14H11F3N2O3S. The van der Waals surface area contributed by atoms with E-state index in [0.717, 1.165) is 11.8 Å². The Bertz CT molecular complexity index is 712. The molecule has 0 spiro atoms. The van der Waals surface area contributed by atoms with E-state index >= 15 is 0 Å². The maximum atomic E-state index is 12.6. The van der Waals surface area contributed by atoms with Crippen molar-refractivity contribution in [2.24, 2.45) is 0 Å². The zero-order valence-corrected chi connectivity index (χ0v) is 12.7. The van der Waals surface area contributed by atoms with Gasteiger partial charge in [0.1, 0.15) is 5.75 Å². The van der Waals surface area contributed by atoms with Gasteiger partial charge in [0, 0.05) is 24.7 Å². The van der Waals surface area contributed by atoms with Gasteiger partial charge >= 0.3 is 12.0 Å². The Labute approximate surface area is 133 Å². The molecule has 2 rings (SSSR count). The van der Waals surface area contributed by atoms with E-state index in [9.17, 15) is 18.0 Å². The highest BCUT2D eigenvalue weighted by atomic mass is 32.2. The van der Waals surface area contributed by atoms with Crippen molar-refractivity contribution in [1.82, 2.24) is 10.2 Å². The molecule has 0 N–H and O–H groups in total. The number of esters is 1. The maximum Gasteiger partial charge on any atom is 0.308 e. The number of carbonyl (C=O) groups excluding carboxylic acids is 1. The molecule has 0 aliphatic carbocycles. The summed E-state index contributed by atoms with van der Waals surface area (Å²) < 4.78 is 46.7. The molecule has 0 radical (unpaired) electrons. The van der Waals surface area contributed by atoms with Crippen LogP contribution >= 0.6 is 11.8 Å². The molecule has 0 unspecified atom stereocenters. The van der Waals surface area contributed by atoms with Crippen LogP contribution in [0.5, 0.6) is 5.75 Å². The van der Waals surface area contributed by atoms with Crippen LogP contribution in [-0.4, -0.2) is 21.9 Å². The summed E-state index contributed by atoms with van der Waals surface area (Å²) in [4.78, 5) is 10.8. The molecule has 1 heterocycles. The smallest absolute Gasteiger partial charge is 0.308 e. The van der Waals surface area contributed by atoms with Crippen molar-refractivity contribution in [3.05, 3.63) is 36.2 Å². The van der Waals surface area contributed by atoms with Crippen LogP contribution in [0.3, 0.4) is 0 Å². The maximum absolute atomic E-state index is 12.6. The number of allylic oxidation sites excluding steroid dienone is 1. The third-order valence-electron chi connectivity index (χ3n) is 2.52. The molecule has 23 heavy (non-hydrogen) atoms. The van der Waals surface area contributed by atoms with E-state index in [4.69, 9.17) is 9.15 Å². The van der Waals surface area contributed by atoms with Gasteiger partial charge in [-0.2, -0.15) is 8.78 Å². The number of rotatable bonds is 6. The molecule has 0 fully saturated rings. The van der Waals surface area contributed by atoms with Gasteiger partial charge in [-0.25, -0.2) is 4.39 Å². The molecular weight excluding hydrogens is 333 g/mol. The quantitative estimate of drug-likeness (QED) is 0.444. The first-order valence-corrected chi connectivity index (χ1v) is 7.39. The molecule has 1 aromatic heterocycles. The molecule has 0 saturated heterocycles. The fourth-order valence-electron chi connectivity index (χ4n) is 1.54. The lowest BCUT2D eigenvalue weighted by atomic mass is 10.2. The Balaban J connectivity index is 1.96. The van der Waals surface area contributed by atoms with E-state index in [-0.39, 0.29) is 16.9 Å². The molecule has 0 amide bonds. The highest BCUT2D eigenvalue weighted by molar-refractivity contribution is 7.99. The largest absolute Gasteiger partial charge is 0.427 e. The van der Waals surface area contributed by atoms with Gasteiger partial charge in [0.15, 0.2) is 5.83 Å². The van der Waals surface area contributed by atoms with E-state index in [1.807, 2.05) is 0 Å². The molecule has 9 heteroatoms. The lowest BCUT2D eigenvalue weighted by Crippen LogP contribution is -2.00. The van der Waals surface area contributed by atoms with Crippen molar-refractivity contribution in [2.75, 3.05) is 5.75 Å².